The van der Waals surface area contributed by atoms with Crippen LogP contribution in [0, 0.1) is 6.92 Å². The summed E-state index contributed by atoms with van der Waals surface area (Å²) in [5.74, 6) is 0.918. The third-order valence-electron chi connectivity index (χ3n) is 2.03. The Bertz CT molecular complexity index is 305. The van der Waals surface area contributed by atoms with Crippen LogP contribution < -0.4 is 4.57 Å². The number of nitrogens with zero attached hydrogens (tertiary/aromatic N) is 2. The van der Waals surface area contributed by atoms with Crippen LogP contribution in [-0.4, -0.2) is 17.1 Å². The molecule has 0 fully saturated rings. The Morgan fingerprint density at radius 2 is 2.38 bits per heavy atom. The minimum Gasteiger partial charge on any atom is -0.462 e. The molecule has 1 rings (SSSR count). The van der Waals surface area contributed by atoms with Gasteiger partial charge in [0.15, 0.2) is 0 Å². The van der Waals surface area contributed by atoms with E-state index in [2.05, 4.69) is 0 Å². The van der Waals surface area contributed by atoms with Crippen molar-refractivity contribution < 1.29 is 14.1 Å². The first-order chi connectivity index (χ1) is 6.11. The Hall–Kier alpha value is -1.32. The van der Waals surface area contributed by atoms with Crippen LogP contribution in [-0.2, 0) is 23.1 Å². The molecule has 0 N–H and O–H groups in total. The van der Waals surface area contributed by atoms with Gasteiger partial charge in [-0.1, -0.05) is 0 Å². The van der Waals surface area contributed by atoms with Gasteiger partial charge in [-0.3, -0.25) is 4.79 Å². The lowest BCUT2D eigenvalue weighted by atomic mass is 10.6. The fourth-order valence-electron chi connectivity index (χ4n) is 1.12. The summed E-state index contributed by atoms with van der Waals surface area (Å²) in [6.45, 7) is 4.59. The molecule has 1 aromatic rings. The second kappa shape index (κ2) is 4.07. The van der Waals surface area contributed by atoms with Crippen LogP contribution in [0.25, 0.3) is 0 Å². The van der Waals surface area contributed by atoms with E-state index in [0.717, 1.165) is 5.82 Å². The highest BCUT2D eigenvalue weighted by atomic mass is 16.5. The van der Waals surface area contributed by atoms with Gasteiger partial charge < -0.3 is 4.74 Å². The van der Waals surface area contributed by atoms with E-state index in [1.807, 2.05) is 35.5 Å². The number of aryl methyl sites for hydroxylation is 1. The van der Waals surface area contributed by atoms with Gasteiger partial charge in [-0.2, -0.15) is 0 Å². The SMILES string of the molecule is CC(=O)OCCn1cc[n+](C)c1C. The molecule has 1 aromatic heterocycles. The van der Waals surface area contributed by atoms with Crippen molar-refractivity contribution in [3.8, 4) is 0 Å². The highest BCUT2D eigenvalue weighted by molar-refractivity contribution is 5.65. The highest BCUT2D eigenvalue weighted by Gasteiger charge is 2.07. The molecule has 4 nitrogen and oxygen atoms in total. The van der Waals surface area contributed by atoms with Crippen LogP contribution in [0.3, 0.4) is 0 Å². The number of hydrogen-bond acceptors (Lipinski definition) is 2. The van der Waals surface area contributed by atoms with Gasteiger partial charge in [0.25, 0.3) is 5.82 Å². The molecule has 0 atom stereocenters. The zero-order valence-corrected chi connectivity index (χ0v) is 8.28. The Labute approximate surface area is 77.7 Å². The quantitative estimate of drug-likeness (QED) is 0.495. The number of imidazole rings is 1. The molecule has 0 saturated carbocycles. The maximum atomic E-state index is 10.5. The Morgan fingerprint density at radius 1 is 1.69 bits per heavy atom. The van der Waals surface area contributed by atoms with Crippen LogP contribution in [0.1, 0.15) is 12.7 Å². The molecule has 1 heterocycles. The maximum Gasteiger partial charge on any atom is 0.302 e. The average molecular weight is 183 g/mol. The predicted molar refractivity (Wildman–Crippen MR) is 47.0 cm³/mol. The van der Waals surface area contributed by atoms with Crippen molar-refractivity contribution in [3.05, 3.63) is 18.2 Å². The van der Waals surface area contributed by atoms with Crippen LogP contribution in [0.2, 0.25) is 0 Å². The lowest BCUT2D eigenvalue weighted by Gasteiger charge is -1.99. The summed E-state index contributed by atoms with van der Waals surface area (Å²) >= 11 is 0. The van der Waals surface area contributed by atoms with Crippen molar-refractivity contribution in [1.82, 2.24) is 4.57 Å². The second-order valence-corrected chi connectivity index (χ2v) is 2.99. The van der Waals surface area contributed by atoms with E-state index in [9.17, 15) is 4.79 Å². The summed E-state index contributed by atoms with van der Waals surface area (Å²) in [5.41, 5.74) is 0. The normalized spacial score (nSPS) is 10.1. The number of carbonyl (C=O) groups excluding carboxylic acids is 1. The fourth-order valence-corrected chi connectivity index (χ4v) is 1.12. The molecule has 72 valence electrons. The van der Waals surface area contributed by atoms with Gasteiger partial charge in [0.05, 0.1) is 7.05 Å². The molecule has 0 aliphatic carbocycles. The zero-order chi connectivity index (χ0) is 9.84. The summed E-state index contributed by atoms with van der Waals surface area (Å²) in [6.07, 6.45) is 3.95. The molecule has 0 spiro atoms. The van der Waals surface area contributed by atoms with Crippen LogP contribution in [0.15, 0.2) is 12.4 Å². The van der Waals surface area contributed by atoms with Crippen molar-refractivity contribution in [2.45, 2.75) is 20.4 Å². The van der Waals surface area contributed by atoms with Gasteiger partial charge in [0.1, 0.15) is 25.5 Å². The first-order valence-corrected chi connectivity index (χ1v) is 4.26. The molecular weight excluding hydrogens is 168 g/mol. The van der Waals surface area contributed by atoms with Crippen LogP contribution >= 0.6 is 0 Å². The number of esters is 1. The molecule has 0 amide bonds. The topological polar surface area (TPSA) is 35.1 Å². The summed E-state index contributed by atoms with van der Waals surface area (Å²) in [5, 5.41) is 0. The largest absolute Gasteiger partial charge is 0.462 e. The fraction of sp³-hybridized carbons (Fsp3) is 0.556. The molecular formula is C9H15N2O2+. The smallest absolute Gasteiger partial charge is 0.302 e. The Balaban J connectivity index is 2.45. The standard InChI is InChI=1S/C9H15N2O2/c1-8-10(3)4-5-11(8)6-7-13-9(2)12/h4-5H,6-7H2,1-3H3/q+1. The summed E-state index contributed by atoms with van der Waals surface area (Å²) in [4.78, 5) is 10.5. The van der Waals surface area contributed by atoms with Gasteiger partial charge in [-0.05, 0) is 0 Å². The van der Waals surface area contributed by atoms with E-state index < -0.39 is 0 Å². The Morgan fingerprint density at radius 3 is 2.85 bits per heavy atom. The van der Waals surface area contributed by atoms with E-state index in [1.165, 1.54) is 6.92 Å². The van der Waals surface area contributed by atoms with Crippen molar-refractivity contribution in [1.29, 1.82) is 0 Å². The lowest BCUT2D eigenvalue weighted by Crippen LogP contribution is -2.30. The van der Waals surface area contributed by atoms with Gasteiger partial charge in [-0.25, -0.2) is 9.13 Å². The Kier molecular flexibility index (Phi) is 3.06. The van der Waals surface area contributed by atoms with Gasteiger partial charge >= 0.3 is 5.97 Å². The third-order valence-corrected chi connectivity index (χ3v) is 2.03. The maximum absolute atomic E-state index is 10.5. The van der Waals surface area contributed by atoms with Gasteiger partial charge in [0.2, 0.25) is 0 Å². The molecule has 0 bridgehead atoms. The van der Waals surface area contributed by atoms with E-state index in [0.29, 0.717) is 13.2 Å². The van der Waals surface area contributed by atoms with Crippen molar-refractivity contribution in [2.75, 3.05) is 6.61 Å². The van der Waals surface area contributed by atoms with Crippen LogP contribution in [0.5, 0.6) is 0 Å². The molecule has 4 heteroatoms. The minimum atomic E-state index is -0.228. The summed E-state index contributed by atoms with van der Waals surface area (Å²) < 4.78 is 8.91. The molecule has 0 aliphatic heterocycles. The molecule has 0 aliphatic rings. The monoisotopic (exact) mass is 183 g/mol. The minimum absolute atomic E-state index is 0.228. The second-order valence-electron chi connectivity index (χ2n) is 2.99. The van der Waals surface area contributed by atoms with Gasteiger partial charge in [-0.15, -0.1) is 0 Å². The van der Waals surface area contributed by atoms with E-state index in [-0.39, 0.29) is 5.97 Å². The van der Waals surface area contributed by atoms with Crippen molar-refractivity contribution in [2.24, 2.45) is 7.05 Å². The lowest BCUT2D eigenvalue weighted by molar-refractivity contribution is -0.677. The molecule has 0 radical (unpaired) electrons. The average Bonchev–Trinajstić information content (AvgIpc) is 2.35. The molecule has 0 unspecified atom stereocenters. The number of hydrogen-bond donors (Lipinski definition) is 0. The summed E-state index contributed by atoms with van der Waals surface area (Å²) in [7, 11) is 1.98. The zero-order valence-electron chi connectivity index (χ0n) is 8.28. The highest BCUT2D eigenvalue weighted by Crippen LogP contribution is 1.92. The number of aromatic nitrogens is 2. The molecule has 13 heavy (non-hydrogen) atoms. The van der Waals surface area contributed by atoms with Crippen molar-refractivity contribution >= 4 is 5.97 Å². The first kappa shape index (κ1) is 9.77. The van der Waals surface area contributed by atoms with E-state index >= 15 is 0 Å². The number of rotatable bonds is 3. The number of ether oxygens (including phenoxy) is 1. The first-order valence-electron chi connectivity index (χ1n) is 4.26. The van der Waals surface area contributed by atoms with E-state index in [1.54, 1.807) is 0 Å². The van der Waals surface area contributed by atoms with Crippen LogP contribution in [0.4, 0.5) is 0 Å². The third kappa shape index (κ3) is 2.57. The predicted octanol–water partition coefficient (Wildman–Crippen LogP) is 0.184. The molecule has 0 aromatic carbocycles. The molecule has 0 saturated heterocycles. The van der Waals surface area contributed by atoms with Crippen molar-refractivity contribution in [3.63, 3.8) is 0 Å². The van der Waals surface area contributed by atoms with E-state index in [4.69, 9.17) is 4.74 Å². The van der Waals surface area contributed by atoms with Gasteiger partial charge in [0, 0.05) is 13.8 Å². The summed E-state index contributed by atoms with van der Waals surface area (Å²) in [6, 6.07) is 0. The number of carbonyl (C=O) groups is 1.